The molecule has 1 aromatic rings. The minimum absolute atomic E-state index is 0.0306. The first kappa shape index (κ1) is 14.5. The topological polar surface area (TPSA) is 75.6 Å². The van der Waals surface area contributed by atoms with Gasteiger partial charge in [0.25, 0.3) is 0 Å². The fraction of sp³-hybridized carbons (Fsp3) is 0.467. The van der Waals surface area contributed by atoms with Gasteiger partial charge >= 0.3 is 5.97 Å². The summed E-state index contributed by atoms with van der Waals surface area (Å²) in [7, 11) is 0. The number of carboxylic acid groups (broad SMARTS) is 1. The largest absolute Gasteiger partial charge is 0.478 e. The first-order chi connectivity index (χ1) is 9.48. The van der Waals surface area contributed by atoms with Crippen molar-refractivity contribution in [2.75, 3.05) is 19.8 Å². The molecule has 2 rings (SSSR count). The van der Waals surface area contributed by atoms with E-state index < -0.39 is 5.97 Å². The summed E-state index contributed by atoms with van der Waals surface area (Å²) in [6.07, 6.45) is 1.22. The summed E-state index contributed by atoms with van der Waals surface area (Å²) < 4.78 is 5.34. The van der Waals surface area contributed by atoms with Gasteiger partial charge in [-0.15, -0.1) is 0 Å². The van der Waals surface area contributed by atoms with Gasteiger partial charge in [0, 0.05) is 18.6 Å². The van der Waals surface area contributed by atoms with E-state index in [0.29, 0.717) is 13.2 Å². The predicted octanol–water partition coefficient (Wildman–Crippen LogP) is 1.47. The molecule has 0 aliphatic carbocycles. The van der Waals surface area contributed by atoms with Crippen LogP contribution in [0.5, 0.6) is 0 Å². The normalized spacial score (nSPS) is 21.6. The third kappa shape index (κ3) is 3.81. The molecular weight excluding hydrogens is 258 g/mol. The number of hydrogen-bond acceptors (Lipinski definition) is 3. The van der Waals surface area contributed by atoms with Gasteiger partial charge in [-0.1, -0.05) is 19.1 Å². The van der Waals surface area contributed by atoms with Crippen LogP contribution in [0.4, 0.5) is 0 Å². The van der Waals surface area contributed by atoms with Gasteiger partial charge in [0.2, 0.25) is 5.91 Å². The van der Waals surface area contributed by atoms with E-state index in [0.717, 1.165) is 18.6 Å². The summed E-state index contributed by atoms with van der Waals surface area (Å²) in [5, 5.41) is 11.7. The zero-order valence-electron chi connectivity index (χ0n) is 11.5. The SMILES string of the molecule is CC1(CNC(=O)Cc2ccc(C(=O)O)cc2)CCOC1. The molecule has 0 radical (unpaired) electrons. The predicted molar refractivity (Wildman–Crippen MR) is 73.7 cm³/mol. The maximum absolute atomic E-state index is 11.9. The van der Waals surface area contributed by atoms with Gasteiger partial charge in [-0.25, -0.2) is 4.79 Å². The molecule has 0 bridgehead atoms. The molecule has 0 saturated carbocycles. The highest BCUT2D eigenvalue weighted by atomic mass is 16.5. The zero-order valence-corrected chi connectivity index (χ0v) is 11.5. The molecule has 108 valence electrons. The van der Waals surface area contributed by atoms with Crippen LogP contribution in [-0.4, -0.2) is 36.7 Å². The summed E-state index contributed by atoms with van der Waals surface area (Å²) in [6.45, 7) is 4.14. The van der Waals surface area contributed by atoms with Crippen LogP contribution in [-0.2, 0) is 16.0 Å². The number of aromatic carboxylic acids is 1. The maximum Gasteiger partial charge on any atom is 0.335 e. The van der Waals surface area contributed by atoms with Crippen molar-refractivity contribution in [3.8, 4) is 0 Å². The van der Waals surface area contributed by atoms with E-state index in [1.54, 1.807) is 12.1 Å². The van der Waals surface area contributed by atoms with Gasteiger partial charge in [-0.3, -0.25) is 4.79 Å². The summed E-state index contributed by atoms with van der Waals surface area (Å²) in [4.78, 5) is 22.6. The number of nitrogens with one attached hydrogen (secondary N) is 1. The van der Waals surface area contributed by atoms with E-state index >= 15 is 0 Å². The molecule has 20 heavy (non-hydrogen) atoms. The number of rotatable bonds is 5. The Kier molecular flexibility index (Phi) is 4.39. The molecule has 1 unspecified atom stereocenters. The van der Waals surface area contributed by atoms with Crippen molar-refractivity contribution < 1.29 is 19.4 Å². The monoisotopic (exact) mass is 277 g/mol. The van der Waals surface area contributed by atoms with Crippen LogP contribution in [0.1, 0.15) is 29.3 Å². The Labute approximate surface area is 117 Å². The van der Waals surface area contributed by atoms with Gasteiger partial charge in [-0.2, -0.15) is 0 Å². The van der Waals surface area contributed by atoms with Crippen molar-refractivity contribution in [2.24, 2.45) is 5.41 Å². The van der Waals surface area contributed by atoms with Crippen LogP contribution in [0, 0.1) is 5.41 Å². The standard InChI is InChI=1S/C15H19NO4/c1-15(6-7-20-10-15)9-16-13(17)8-11-2-4-12(5-3-11)14(18)19/h2-5H,6-10H2,1H3,(H,16,17)(H,18,19). The first-order valence-corrected chi connectivity index (χ1v) is 6.65. The van der Waals surface area contributed by atoms with Crippen LogP contribution < -0.4 is 5.32 Å². The molecule has 1 aliphatic rings. The number of hydrogen-bond donors (Lipinski definition) is 2. The minimum atomic E-state index is -0.963. The number of carboxylic acids is 1. The quantitative estimate of drug-likeness (QED) is 0.854. The molecule has 5 nitrogen and oxygen atoms in total. The van der Waals surface area contributed by atoms with E-state index in [-0.39, 0.29) is 23.3 Å². The highest BCUT2D eigenvalue weighted by Gasteiger charge is 2.29. The zero-order chi connectivity index (χ0) is 14.6. The lowest BCUT2D eigenvalue weighted by Crippen LogP contribution is -2.36. The average molecular weight is 277 g/mol. The van der Waals surface area contributed by atoms with Crippen molar-refractivity contribution in [1.29, 1.82) is 0 Å². The highest BCUT2D eigenvalue weighted by Crippen LogP contribution is 2.26. The van der Waals surface area contributed by atoms with Crippen molar-refractivity contribution in [3.63, 3.8) is 0 Å². The van der Waals surface area contributed by atoms with Gasteiger partial charge in [0.05, 0.1) is 18.6 Å². The number of benzene rings is 1. The van der Waals surface area contributed by atoms with Crippen molar-refractivity contribution in [1.82, 2.24) is 5.32 Å². The lowest BCUT2D eigenvalue weighted by molar-refractivity contribution is -0.120. The first-order valence-electron chi connectivity index (χ1n) is 6.65. The average Bonchev–Trinajstić information content (AvgIpc) is 2.85. The summed E-state index contributed by atoms with van der Waals surface area (Å²) >= 11 is 0. The van der Waals surface area contributed by atoms with Crippen molar-refractivity contribution in [2.45, 2.75) is 19.8 Å². The molecule has 1 atom stereocenters. The molecule has 0 aromatic heterocycles. The van der Waals surface area contributed by atoms with Gasteiger partial charge < -0.3 is 15.2 Å². The molecule has 1 aromatic carbocycles. The fourth-order valence-electron chi connectivity index (χ4n) is 2.17. The van der Waals surface area contributed by atoms with E-state index in [4.69, 9.17) is 9.84 Å². The maximum atomic E-state index is 11.9. The van der Waals surface area contributed by atoms with E-state index in [1.165, 1.54) is 12.1 Å². The highest BCUT2D eigenvalue weighted by molar-refractivity contribution is 5.87. The Morgan fingerprint density at radius 1 is 1.35 bits per heavy atom. The Bertz CT molecular complexity index is 489. The number of amides is 1. The van der Waals surface area contributed by atoms with E-state index in [2.05, 4.69) is 12.2 Å². The molecule has 1 fully saturated rings. The van der Waals surface area contributed by atoms with E-state index in [1.807, 2.05) is 0 Å². The van der Waals surface area contributed by atoms with Gasteiger partial charge in [0.15, 0.2) is 0 Å². The molecule has 1 saturated heterocycles. The number of carbonyl (C=O) groups is 2. The molecule has 0 spiro atoms. The third-order valence-corrected chi connectivity index (χ3v) is 3.58. The summed E-state index contributed by atoms with van der Waals surface area (Å²) in [5.74, 6) is -1.02. The lowest BCUT2D eigenvalue weighted by Gasteiger charge is -2.21. The van der Waals surface area contributed by atoms with Crippen LogP contribution in [0.25, 0.3) is 0 Å². The Balaban J connectivity index is 1.83. The molecule has 5 heteroatoms. The van der Waals surface area contributed by atoms with Gasteiger partial charge in [0.1, 0.15) is 0 Å². The fourth-order valence-corrected chi connectivity index (χ4v) is 2.17. The summed E-state index contributed by atoms with van der Waals surface area (Å²) in [6, 6.07) is 6.36. The van der Waals surface area contributed by atoms with Crippen molar-refractivity contribution >= 4 is 11.9 Å². The van der Waals surface area contributed by atoms with E-state index in [9.17, 15) is 9.59 Å². The second-order valence-electron chi connectivity index (χ2n) is 5.57. The molecule has 2 N–H and O–H groups in total. The molecular formula is C15H19NO4. The molecule has 1 aliphatic heterocycles. The Hall–Kier alpha value is -1.88. The molecule has 1 heterocycles. The van der Waals surface area contributed by atoms with Crippen LogP contribution in [0.3, 0.4) is 0 Å². The minimum Gasteiger partial charge on any atom is -0.478 e. The van der Waals surface area contributed by atoms with Crippen LogP contribution >= 0.6 is 0 Å². The smallest absolute Gasteiger partial charge is 0.335 e. The Morgan fingerprint density at radius 3 is 2.60 bits per heavy atom. The van der Waals surface area contributed by atoms with Crippen LogP contribution in [0.2, 0.25) is 0 Å². The van der Waals surface area contributed by atoms with Crippen molar-refractivity contribution in [3.05, 3.63) is 35.4 Å². The summed E-state index contributed by atoms with van der Waals surface area (Å²) in [5.41, 5.74) is 1.06. The lowest BCUT2D eigenvalue weighted by atomic mass is 9.90. The van der Waals surface area contributed by atoms with Crippen LogP contribution in [0.15, 0.2) is 24.3 Å². The Morgan fingerprint density at radius 2 is 2.05 bits per heavy atom. The second-order valence-corrected chi connectivity index (χ2v) is 5.57. The molecule has 1 amide bonds. The number of carbonyl (C=O) groups excluding carboxylic acids is 1. The van der Waals surface area contributed by atoms with Gasteiger partial charge in [-0.05, 0) is 24.1 Å². The number of ether oxygens (including phenoxy) is 1. The third-order valence-electron chi connectivity index (χ3n) is 3.58. The second kappa shape index (κ2) is 6.05.